The zero-order valence-electron chi connectivity index (χ0n) is 8.46. The largest absolute Gasteiger partial charge is 0.330 e. The normalized spacial score (nSPS) is 11.8. The lowest BCUT2D eigenvalue weighted by Gasteiger charge is -2.01. The smallest absolute Gasteiger partial charge is 0.123 e. The molecule has 76 valence electrons. The predicted octanol–water partition coefficient (Wildman–Crippen LogP) is 2.97. The Balaban J connectivity index is 2.64. The molecular formula is C12H16FN. The van der Waals surface area contributed by atoms with Crippen molar-refractivity contribution in [1.29, 1.82) is 0 Å². The van der Waals surface area contributed by atoms with Crippen molar-refractivity contribution in [3.8, 4) is 0 Å². The van der Waals surface area contributed by atoms with Crippen molar-refractivity contribution >= 4 is 5.57 Å². The Labute approximate surface area is 84.4 Å². The summed E-state index contributed by atoms with van der Waals surface area (Å²) < 4.78 is 12.6. The van der Waals surface area contributed by atoms with Gasteiger partial charge in [0.2, 0.25) is 0 Å². The fourth-order valence-electron chi connectivity index (χ4n) is 1.27. The van der Waals surface area contributed by atoms with E-state index in [9.17, 15) is 4.39 Å². The van der Waals surface area contributed by atoms with Crippen LogP contribution in [0.15, 0.2) is 30.3 Å². The standard InChI is InChI=1S/C12H16FN/c1-10(4-2-3-9-14)11-5-7-12(13)8-6-11/h4-8H,2-3,9,14H2,1H3/b10-4+. The molecule has 0 bridgehead atoms. The second-order valence-electron chi connectivity index (χ2n) is 3.32. The van der Waals surface area contributed by atoms with Gasteiger partial charge in [-0.05, 0) is 49.6 Å². The molecule has 2 N–H and O–H groups in total. The Bertz CT molecular complexity index is 301. The molecule has 0 saturated carbocycles. The number of hydrogen-bond acceptors (Lipinski definition) is 1. The van der Waals surface area contributed by atoms with E-state index in [-0.39, 0.29) is 5.82 Å². The van der Waals surface area contributed by atoms with Crippen LogP contribution in [0.1, 0.15) is 25.3 Å². The lowest BCUT2D eigenvalue weighted by Crippen LogP contribution is -1.96. The quantitative estimate of drug-likeness (QED) is 0.731. The summed E-state index contributed by atoms with van der Waals surface area (Å²) in [6.07, 6.45) is 4.12. The summed E-state index contributed by atoms with van der Waals surface area (Å²) in [7, 11) is 0. The topological polar surface area (TPSA) is 26.0 Å². The molecule has 1 rings (SSSR count). The van der Waals surface area contributed by atoms with Crippen molar-refractivity contribution in [2.75, 3.05) is 6.54 Å². The van der Waals surface area contributed by atoms with Crippen LogP contribution in [0.2, 0.25) is 0 Å². The minimum Gasteiger partial charge on any atom is -0.330 e. The van der Waals surface area contributed by atoms with Crippen LogP contribution in [-0.4, -0.2) is 6.54 Å². The molecule has 0 aliphatic heterocycles. The average molecular weight is 193 g/mol. The molecule has 14 heavy (non-hydrogen) atoms. The Morgan fingerprint density at radius 3 is 2.57 bits per heavy atom. The van der Waals surface area contributed by atoms with Crippen LogP contribution in [0.3, 0.4) is 0 Å². The molecule has 2 heteroatoms. The van der Waals surface area contributed by atoms with Crippen molar-refractivity contribution in [3.05, 3.63) is 41.7 Å². The number of unbranched alkanes of at least 4 members (excludes halogenated alkanes) is 1. The Kier molecular flexibility index (Phi) is 4.33. The molecule has 0 saturated heterocycles. The minimum absolute atomic E-state index is 0.191. The number of halogens is 1. The summed E-state index contributed by atoms with van der Waals surface area (Å²) in [4.78, 5) is 0. The molecule has 1 aromatic rings. The van der Waals surface area contributed by atoms with E-state index in [1.54, 1.807) is 12.1 Å². The van der Waals surface area contributed by atoms with Crippen LogP contribution >= 0.6 is 0 Å². The molecule has 1 aromatic carbocycles. The predicted molar refractivity (Wildman–Crippen MR) is 58.3 cm³/mol. The SMILES string of the molecule is C/C(=C\CCCN)c1ccc(F)cc1. The first-order chi connectivity index (χ1) is 6.74. The molecular weight excluding hydrogens is 177 g/mol. The van der Waals surface area contributed by atoms with Gasteiger partial charge in [-0.3, -0.25) is 0 Å². The first-order valence-electron chi connectivity index (χ1n) is 4.87. The van der Waals surface area contributed by atoms with E-state index in [1.165, 1.54) is 17.7 Å². The van der Waals surface area contributed by atoms with Crippen LogP contribution in [0.4, 0.5) is 4.39 Å². The number of allylic oxidation sites excluding steroid dienone is 2. The van der Waals surface area contributed by atoms with Gasteiger partial charge in [-0.2, -0.15) is 0 Å². The summed E-state index contributed by atoms with van der Waals surface area (Å²) >= 11 is 0. The van der Waals surface area contributed by atoms with Crippen LogP contribution in [0.5, 0.6) is 0 Å². The molecule has 0 fully saturated rings. The fourth-order valence-corrected chi connectivity index (χ4v) is 1.27. The van der Waals surface area contributed by atoms with Gasteiger partial charge in [0, 0.05) is 0 Å². The molecule has 0 aliphatic rings. The van der Waals surface area contributed by atoms with E-state index in [4.69, 9.17) is 5.73 Å². The van der Waals surface area contributed by atoms with E-state index in [2.05, 4.69) is 6.08 Å². The lowest BCUT2D eigenvalue weighted by atomic mass is 10.1. The van der Waals surface area contributed by atoms with Crippen LogP contribution < -0.4 is 5.73 Å². The van der Waals surface area contributed by atoms with E-state index >= 15 is 0 Å². The molecule has 0 unspecified atom stereocenters. The fraction of sp³-hybridized carbons (Fsp3) is 0.333. The second kappa shape index (κ2) is 5.55. The third kappa shape index (κ3) is 3.30. The first kappa shape index (κ1) is 10.9. The summed E-state index contributed by atoms with van der Waals surface area (Å²) in [6.45, 7) is 2.75. The van der Waals surface area contributed by atoms with Crippen molar-refractivity contribution in [2.45, 2.75) is 19.8 Å². The lowest BCUT2D eigenvalue weighted by molar-refractivity contribution is 0.627. The molecule has 0 atom stereocenters. The number of hydrogen-bond donors (Lipinski definition) is 1. The van der Waals surface area contributed by atoms with Gasteiger partial charge < -0.3 is 5.73 Å². The summed E-state index contributed by atoms with van der Waals surface area (Å²) in [5.74, 6) is -0.191. The number of rotatable bonds is 4. The van der Waals surface area contributed by atoms with Crippen molar-refractivity contribution in [2.24, 2.45) is 5.73 Å². The molecule has 0 amide bonds. The monoisotopic (exact) mass is 193 g/mol. The van der Waals surface area contributed by atoms with Crippen molar-refractivity contribution < 1.29 is 4.39 Å². The van der Waals surface area contributed by atoms with Gasteiger partial charge in [-0.1, -0.05) is 18.2 Å². The van der Waals surface area contributed by atoms with Gasteiger partial charge in [-0.25, -0.2) is 4.39 Å². The summed E-state index contributed by atoms with van der Waals surface area (Å²) in [5, 5.41) is 0. The third-order valence-electron chi connectivity index (χ3n) is 2.16. The maximum atomic E-state index is 12.6. The van der Waals surface area contributed by atoms with Crippen molar-refractivity contribution in [1.82, 2.24) is 0 Å². The Hall–Kier alpha value is -1.15. The third-order valence-corrected chi connectivity index (χ3v) is 2.16. The molecule has 0 radical (unpaired) electrons. The average Bonchev–Trinajstić information content (AvgIpc) is 2.19. The van der Waals surface area contributed by atoms with Gasteiger partial charge >= 0.3 is 0 Å². The minimum atomic E-state index is -0.191. The van der Waals surface area contributed by atoms with Gasteiger partial charge in [0.1, 0.15) is 5.82 Å². The maximum Gasteiger partial charge on any atom is 0.123 e. The number of nitrogens with two attached hydrogens (primary N) is 1. The van der Waals surface area contributed by atoms with Gasteiger partial charge in [0.05, 0.1) is 0 Å². The summed E-state index contributed by atoms with van der Waals surface area (Å²) in [6, 6.07) is 6.55. The highest BCUT2D eigenvalue weighted by Gasteiger charge is 1.95. The molecule has 0 spiro atoms. The summed E-state index contributed by atoms with van der Waals surface area (Å²) in [5.41, 5.74) is 7.65. The highest BCUT2D eigenvalue weighted by Crippen LogP contribution is 2.14. The van der Waals surface area contributed by atoms with Crippen molar-refractivity contribution in [3.63, 3.8) is 0 Å². The zero-order chi connectivity index (χ0) is 10.4. The van der Waals surface area contributed by atoms with E-state index in [0.717, 1.165) is 18.4 Å². The Morgan fingerprint density at radius 1 is 1.36 bits per heavy atom. The van der Waals surface area contributed by atoms with Gasteiger partial charge in [0.25, 0.3) is 0 Å². The second-order valence-corrected chi connectivity index (χ2v) is 3.32. The van der Waals surface area contributed by atoms with Crippen LogP contribution in [-0.2, 0) is 0 Å². The molecule has 0 aromatic heterocycles. The van der Waals surface area contributed by atoms with Crippen LogP contribution in [0.25, 0.3) is 5.57 Å². The maximum absolute atomic E-state index is 12.6. The van der Waals surface area contributed by atoms with Crippen LogP contribution in [0, 0.1) is 5.82 Å². The highest BCUT2D eigenvalue weighted by molar-refractivity contribution is 5.63. The molecule has 1 nitrogen and oxygen atoms in total. The van der Waals surface area contributed by atoms with E-state index < -0.39 is 0 Å². The Morgan fingerprint density at radius 2 is 2.00 bits per heavy atom. The number of benzene rings is 1. The molecule has 0 heterocycles. The van der Waals surface area contributed by atoms with E-state index in [0.29, 0.717) is 6.54 Å². The zero-order valence-corrected chi connectivity index (χ0v) is 8.46. The van der Waals surface area contributed by atoms with E-state index in [1.807, 2.05) is 6.92 Å². The highest BCUT2D eigenvalue weighted by atomic mass is 19.1. The molecule has 0 aliphatic carbocycles. The van der Waals surface area contributed by atoms with Gasteiger partial charge in [-0.15, -0.1) is 0 Å². The van der Waals surface area contributed by atoms with Gasteiger partial charge in [0.15, 0.2) is 0 Å². The first-order valence-corrected chi connectivity index (χ1v) is 4.87.